The van der Waals surface area contributed by atoms with E-state index in [0.717, 1.165) is 5.56 Å². The first-order valence-electron chi connectivity index (χ1n) is 7.52. The normalized spacial score (nSPS) is 19.2. The Balaban J connectivity index is 2.05. The molecule has 0 fully saturated rings. The lowest BCUT2D eigenvalue weighted by Crippen LogP contribution is -2.37. The van der Waals surface area contributed by atoms with Gasteiger partial charge >= 0.3 is 6.18 Å². The number of aromatic amines is 1. The van der Waals surface area contributed by atoms with Gasteiger partial charge in [0.15, 0.2) is 0 Å². The molecule has 1 aromatic carbocycles. The predicted molar refractivity (Wildman–Crippen MR) is 83.8 cm³/mol. The molecule has 0 saturated heterocycles. The van der Waals surface area contributed by atoms with E-state index in [-0.39, 0.29) is 23.9 Å². The van der Waals surface area contributed by atoms with E-state index in [1.165, 1.54) is 6.92 Å². The van der Waals surface area contributed by atoms with Gasteiger partial charge in [0.2, 0.25) is 5.91 Å². The Labute approximate surface area is 136 Å². The number of hydrogen-bond donors (Lipinski definition) is 2. The summed E-state index contributed by atoms with van der Waals surface area (Å²) in [6, 6.07) is 8.92. The number of alkyl halides is 3. The van der Waals surface area contributed by atoms with Crippen molar-refractivity contribution >= 4 is 17.6 Å². The van der Waals surface area contributed by atoms with Gasteiger partial charge in [-0.1, -0.05) is 30.3 Å². The summed E-state index contributed by atoms with van der Waals surface area (Å²) in [6.45, 7) is 1.36. The van der Waals surface area contributed by atoms with E-state index in [0.29, 0.717) is 17.7 Å². The van der Waals surface area contributed by atoms with Crippen LogP contribution >= 0.6 is 0 Å². The van der Waals surface area contributed by atoms with Crippen molar-refractivity contribution in [2.75, 3.05) is 0 Å². The third kappa shape index (κ3) is 3.34. The zero-order chi connectivity index (χ0) is 17.3. The fourth-order valence-corrected chi connectivity index (χ4v) is 3.01. The molecule has 0 saturated carbocycles. The van der Waals surface area contributed by atoms with Crippen molar-refractivity contribution in [3.8, 4) is 0 Å². The highest BCUT2D eigenvalue weighted by molar-refractivity contribution is 5.83. The van der Waals surface area contributed by atoms with E-state index in [1.807, 2.05) is 36.4 Å². The highest BCUT2D eigenvalue weighted by Crippen LogP contribution is 2.39. The minimum Gasteiger partial charge on any atom is -0.353 e. The molecule has 1 amide bonds. The summed E-state index contributed by atoms with van der Waals surface area (Å²) in [5, 5.41) is 8.72. The van der Waals surface area contributed by atoms with Crippen LogP contribution in [0.5, 0.6) is 0 Å². The molecule has 0 radical (unpaired) electrons. The number of aromatic nitrogens is 2. The molecule has 126 valence electrons. The molecule has 1 aromatic heterocycles. The fourth-order valence-electron chi connectivity index (χ4n) is 3.01. The number of hydrogen-bond acceptors (Lipinski definition) is 2. The molecule has 1 unspecified atom stereocenters. The summed E-state index contributed by atoms with van der Waals surface area (Å²) in [5.41, 5.74) is 1.14. The number of fused-ring (bicyclic) bond motifs is 1. The average Bonchev–Trinajstić information content (AvgIpc) is 2.92. The Hall–Kier alpha value is -2.57. The van der Waals surface area contributed by atoms with Crippen molar-refractivity contribution < 1.29 is 18.0 Å². The van der Waals surface area contributed by atoms with Crippen LogP contribution in [0.25, 0.3) is 11.6 Å². The molecule has 2 N–H and O–H groups in total. The summed E-state index contributed by atoms with van der Waals surface area (Å²) in [6.07, 6.45) is -2.15. The molecule has 0 spiro atoms. The Morgan fingerprint density at radius 3 is 2.62 bits per heavy atom. The van der Waals surface area contributed by atoms with Crippen molar-refractivity contribution in [2.24, 2.45) is 0 Å². The van der Waals surface area contributed by atoms with Crippen LogP contribution in [0.4, 0.5) is 13.2 Å². The smallest absolute Gasteiger partial charge is 0.353 e. The zero-order valence-corrected chi connectivity index (χ0v) is 12.9. The van der Waals surface area contributed by atoms with Crippen LogP contribution in [0.1, 0.15) is 35.9 Å². The summed E-state index contributed by atoms with van der Waals surface area (Å²) in [5.74, 6) is -0.264. The SMILES string of the molecule is CC(=O)NC1C/C(=C\c2ccccc2)c2n[nH]c(C(F)(F)F)c2C1. The first-order valence-corrected chi connectivity index (χ1v) is 7.52. The number of benzene rings is 1. The van der Waals surface area contributed by atoms with Gasteiger partial charge in [0.25, 0.3) is 0 Å². The van der Waals surface area contributed by atoms with E-state index in [2.05, 4.69) is 15.5 Å². The van der Waals surface area contributed by atoms with Gasteiger partial charge in [-0.2, -0.15) is 18.3 Å². The first-order chi connectivity index (χ1) is 11.3. The Morgan fingerprint density at radius 2 is 2.00 bits per heavy atom. The quantitative estimate of drug-likeness (QED) is 0.883. The molecular weight excluding hydrogens is 319 g/mol. The number of amides is 1. The van der Waals surface area contributed by atoms with Crippen LogP contribution in [0.2, 0.25) is 0 Å². The molecule has 1 aliphatic rings. The van der Waals surface area contributed by atoms with Crippen LogP contribution in [0.15, 0.2) is 30.3 Å². The second-order valence-corrected chi connectivity index (χ2v) is 5.81. The third-order valence-corrected chi connectivity index (χ3v) is 3.92. The Morgan fingerprint density at radius 1 is 1.29 bits per heavy atom. The monoisotopic (exact) mass is 335 g/mol. The molecule has 7 heteroatoms. The van der Waals surface area contributed by atoms with E-state index < -0.39 is 11.9 Å². The molecule has 0 aliphatic heterocycles. The van der Waals surface area contributed by atoms with Gasteiger partial charge in [0.1, 0.15) is 5.69 Å². The topological polar surface area (TPSA) is 57.8 Å². The van der Waals surface area contributed by atoms with E-state index >= 15 is 0 Å². The van der Waals surface area contributed by atoms with Crippen LogP contribution in [-0.4, -0.2) is 22.1 Å². The van der Waals surface area contributed by atoms with Gasteiger partial charge in [-0.05, 0) is 30.1 Å². The lowest BCUT2D eigenvalue weighted by molar-refractivity contribution is -0.141. The van der Waals surface area contributed by atoms with Crippen molar-refractivity contribution in [2.45, 2.75) is 32.0 Å². The minimum atomic E-state index is -4.50. The third-order valence-electron chi connectivity index (χ3n) is 3.92. The second kappa shape index (κ2) is 6.14. The van der Waals surface area contributed by atoms with Crippen LogP contribution in [0, 0.1) is 0 Å². The lowest BCUT2D eigenvalue weighted by atomic mass is 9.86. The van der Waals surface area contributed by atoms with Crippen molar-refractivity contribution in [3.63, 3.8) is 0 Å². The van der Waals surface area contributed by atoms with Crippen LogP contribution in [0.3, 0.4) is 0 Å². The number of nitrogens with zero attached hydrogens (tertiary/aromatic N) is 1. The molecule has 1 atom stereocenters. The van der Waals surface area contributed by atoms with E-state index in [1.54, 1.807) is 0 Å². The first kappa shape index (κ1) is 16.3. The minimum absolute atomic E-state index is 0.104. The maximum absolute atomic E-state index is 13.2. The number of carbonyl (C=O) groups excluding carboxylic acids is 1. The standard InChI is InChI=1S/C17H16F3N3O/c1-10(24)21-13-8-12(7-11-5-3-2-4-6-11)15-14(9-13)16(23-22-15)17(18,19)20/h2-7,13H,8-9H2,1H3,(H,21,24)(H,22,23)/b12-7+. The average molecular weight is 335 g/mol. The van der Waals surface area contributed by atoms with Crippen molar-refractivity contribution in [1.29, 1.82) is 0 Å². The number of H-pyrrole nitrogens is 1. The summed E-state index contributed by atoms with van der Waals surface area (Å²) in [4.78, 5) is 11.3. The van der Waals surface area contributed by atoms with Gasteiger partial charge in [-0.15, -0.1) is 0 Å². The fraction of sp³-hybridized carbons (Fsp3) is 0.294. The molecule has 3 rings (SSSR count). The number of rotatable bonds is 2. The zero-order valence-electron chi connectivity index (χ0n) is 12.9. The maximum atomic E-state index is 13.2. The molecule has 1 aliphatic carbocycles. The molecule has 2 aromatic rings. The summed E-state index contributed by atoms with van der Waals surface area (Å²) in [7, 11) is 0. The highest BCUT2D eigenvalue weighted by atomic mass is 19.4. The van der Waals surface area contributed by atoms with E-state index in [4.69, 9.17) is 0 Å². The molecule has 0 bridgehead atoms. The summed E-state index contributed by atoms with van der Waals surface area (Å²) < 4.78 is 39.5. The van der Waals surface area contributed by atoms with E-state index in [9.17, 15) is 18.0 Å². The van der Waals surface area contributed by atoms with Crippen LogP contribution in [-0.2, 0) is 17.4 Å². The van der Waals surface area contributed by atoms with Crippen molar-refractivity contribution in [1.82, 2.24) is 15.5 Å². The number of nitrogens with one attached hydrogen (secondary N) is 2. The maximum Gasteiger partial charge on any atom is 0.433 e. The van der Waals surface area contributed by atoms with Crippen LogP contribution < -0.4 is 5.32 Å². The van der Waals surface area contributed by atoms with Gasteiger partial charge in [-0.3, -0.25) is 9.89 Å². The Bertz CT molecular complexity index is 778. The van der Waals surface area contributed by atoms with Crippen molar-refractivity contribution in [3.05, 3.63) is 52.8 Å². The molecular formula is C17H16F3N3O. The molecule has 4 nitrogen and oxygen atoms in total. The van der Waals surface area contributed by atoms with Gasteiger partial charge < -0.3 is 5.32 Å². The molecule has 1 heterocycles. The second-order valence-electron chi connectivity index (χ2n) is 5.81. The summed E-state index contributed by atoms with van der Waals surface area (Å²) >= 11 is 0. The largest absolute Gasteiger partial charge is 0.433 e. The number of halogens is 3. The lowest BCUT2D eigenvalue weighted by Gasteiger charge is -2.25. The highest BCUT2D eigenvalue weighted by Gasteiger charge is 2.40. The Kier molecular flexibility index (Phi) is 4.17. The molecule has 24 heavy (non-hydrogen) atoms. The number of carbonyl (C=O) groups is 1. The van der Waals surface area contributed by atoms with Gasteiger partial charge in [0.05, 0.1) is 5.69 Å². The predicted octanol–water partition coefficient (Wildman–Crippen LogP) is 3.42. The van der Waals surface area contributed by atoms with Gasteiger partial charge in [0, 0.05) is 18.5 Å². The van der Waals surface area contributed by atoms with Gasteiger partial charge in [-0.25, -0.2) is 0 Å².